The molecule has 1 heterocycles. The molecular formula is C15H25N3O3. The summed E-state index contributed by atoms with van der Waals surface area (Å²) >= 11 is 0. The molecule has 0 radical (unpaired) electrons. The SMILES string of the molecule is Cc1c(C(=O)NC(C)(C)CCC(=O)O)cnn1C(C)(C)C. The van der Waals surface area contributed by atoms with Gasteiger partial charge in [-0.1, -0.05) is 0 Å². The second-order valence-electron chi connectivity index (χ2n) is 6.96. The van der Waals surface area contributed by atoms with Gasteiger partial charge in [0, 0.05) is 17.7 Å². The van der Waals surface area contributed by atoms with Gasteiger partial charge < -0.3 is 10.4 Å². The summed E-state index contributed by atoms with van der Waals surface area (Å²) in [6, 6.07) is 0. The van der Waals surface area contributed by atoms with E-state index in [1.54, 1.807) is 6.20 Å². The second kappa shape index (κ2) is 5.87. The topological polar surface area (TPSA) is 84.2 Å². The number of aromatic nitrogens is 2. The molecule has 1 aromatic rings. The Bertz CT molecular complexity index is 539. The minimum absolute atomic E-state index is 0.0213. The van der Waals surface area contributed by atoms with E-state index < -0.39 is 11.5 Å². The van der Waals surface area contributed by atoms with Crippen LogP contribution in [-0.4, -0.2) is 32.3 Å². The average molecular weight is 295 g/mol. The third-order valence-electron chi connectivity index (χ3n) is 3.31. The van der Waals surface area contributed by atoms with Gasteiger partial charge in [-0.05, 0) is 48.0 Å². The Morgan fingerprint density at radius 2 is 1.86 bits per heavy atom. The number of carboxylic acid groups (broad SMARTS) is 1. The fraction of sp³-hybridized carbons (Fsp3) is 0.667. The van der Waals surface area contributed by atoms with Crippen molar-refractivity contribution < 1.29 is 14.7 Å². The summed E-state index contributed by atoms with van der Waals surface area (Å²) < 4.78 is 1.81. The summed E-state index contributed by atoms with van der Waals surface area (Å²) in [5.74, 6) is -1.09. The predicted octanol–water partition coefficient (Wildman–Crippen LogP) is 2.32. The first-order valence-corrected chi connectivity index (χ1v) is 7.03. The van der Waals surface area contributed by atoms with E-state index in [1.165, 1.54) is 0 Å². The summed E-state index contributed by atoms with van der Waals surface area (Å²) in [4.78, 5) is 23.0. The van der Waals surface area contributed by atoms with Gasteiger partial charge >= 0.3 is 5.97 Å². The van der Waals surface area contributed by atoms with Crippen molar-refractivity contribution in [3.8, 4) is 0 Å². The Morgan fingerprint density at radius 3 is 2.29 bits per heavy atom. The number of rotatable bonds is 5. The summed E-state index contributed by atoms with van der Waals surface area (Å²) in [6.07, 6.45) is 1.96. The van der Waals surface area contributed by atoms with E-state index in [-0.39, 0.29) is 17.9 Å². The lowest BCUT2D eigenvalue weighted by Crippen LogP contribution is -2.43. The molecule has 21 heavy (non-hydrogen) atoms. The van der Waals surface area contributed by atoms with Crippen molar-refractivity contribution in [2.24, 2.45) is 0 Å². The zero-order valence-electron chi connectivity index (χ0n) is 13.6. The van der Waals surface area contributed by atoms with Crippen molar-refractivity contribution in [1.82, 2.24) is 15.1 Å². The molecular weight excluding hydrogens is 270 g/mol. The molecule has 0 spiro atoms. The molecule has 2 N–H and O–H groups in total. The first-order chi connectivity index (χ1) is 9.44. The molecule has 0 aliphatic carbocycles. The van der Waals surface area contributed by atoms with Gasteiger partial charge in [-0.3, -0.25) is 14.3 Å². The molecule has 0 fully saturated rings. The van der Waals surface area contributed by atoms with E-state index in [0.717, 1.165) is 5.69 Å². The number of amides is 1. The first-order valence-electron chi connectivity index (χ1n) is 7.03. The summed E-state index contributed by atoms with van der Waals surface area (Å²) in [6.45, 7) is 11.6. The zero-order chi connectivity index (χ0) is 16.4. The molecule has 0 aliphatic rings. The number of carbonyl (C=O) groups excluding carboxylic acids is 1. The van der Waals surface area contributed by atoms with Crippen LogP contribution in [0.3, 0.4) is 0 Å². The van der Waals surface area contributed by atoms with Crippen LogP contribution < -0.4 is 5.32 Å². The molecule has 6 nitrogen and oxygen atoms in total. The third kappa shape index (κ3) is 4.58. The molecule has 0 saturated carbocycles. The highest BCUT2D eigenvalue weighted by Crippen LogP contribution is 2.19. The number of nitrogens with zero attached hydrogens (tertiary/aromatic N) is 2. The minimum Gasteiger partial charge on any atom is -0.481 e. The number of carbonyl (C=O) groups is 2. The maximum absolute atomic E-state index is 12.4. The van der Waals surface area contributed by atoms with Gasteiger partial charge in [-0.15, -0.1) is 0 Å². The number of aliphatic carboxylic acids is 1. The molecule has 0 saturated heterocycles. The lowest BCUT2D eigenvalue weighted by Gasteiger charge is -2.26. The van der Waals surface area contributed by atoms with Crippen molar-refractivity contribution in [2.45, 2.75) is 65.5 Å². The Labute approximate surface area is 125 Å². The van der Waals surface area contributed by atoms with Crippen molar-refractivity contribution in [2.75, 3.05) is 0 Å². The van der Waals surface area contributed by atoms with E-state index in [1.807, 2.05) is 46.2 Å². The lowest BCUT2D eigenvalue weighted by molar-refractivity contribution is -0.137. The molecule has 118 valence electrons. The highest BCUT2D eigenvalue weighted by Gasteiger charge is 2.26. The van der Waals surface area contributed by atoms with Crippen LogP contribution in [0.15, 0.2) is 6.20 Å². The zero-order valence-corrected chi connectivity index (χ0v) is 13.6. The van der Waals surface area contributed by atoms with Crippen molar-refractivity contribution in [1.29, 1.82) is 0 Å². The van der Waals surface area contributed by atoms with E-state index in [2.05, 4.69) is 10.4 Å². The molecule has 0 bridgehead atoms. The van der Waals surface area contributed by atoms with E-state index >= 15 is 0 Å². The molecule has 1 rings (SSSR count). The van der Waals surface area contributed by atoms with Crippen molar-refractivity contribution in [3.63, 3.8) is 0 Å². The Kier molecular flexibility index (Phi) is 4.81. The highest BCUT2D eigenvalue weighted by molar-refractivity contribution is 5.95. The Morgan fingerprint density at radius 1 is 1.29 bits per heavy atom. The van der Waals surface area contributed by atoms with Gasteiger partial charge in [0.1, 0.15) is 0 Å². The minimum atomic E-state index is -0.867. The van der Waals surface area contributed by atoms with Crippen molar-refractivity contribution in [3.05, 3.63) is 17.5 Å². The Balaban J connectivity index is 2.86. The average Bonchev–Trinajstić information content (AvgIpc) is 2.67. The molecule has 0 aromatic carbocycles. The van der Waals surface area contributed by atoms with Crippen molar-refractivity contribution >= 4 is 11.9 Å². The lowest BCUT2D eigenvalue weighted by atomic mass is 9.98. The largest absolute Gasteiger partial charge is 0.481 e. The monoisotopic (exact) mass is 295 g/mol. The smallest absolute Gasteiger partial charge is 0.303 e. The third-order valence-corrected chi connectivity index (χ3v) is 3.31. The van der Waals surface area contributed by atoms with E-state index in [4.69, 9.17) is 5.11 Å². The maximum atomic E-state index is 12.4. The molecule has 0 atom stereocenters. The van der Waals surface area contributed by atoms with Crippen LogP contribution in [0, 0.1) is 6.92 Å². The predicted molar refractivity (Wildman–Crippen MR) is 80.4 cm³/mol. The number of nitrogens with one attached hydrogen (secondary N) is 1. The maximum Gasteiger partial charge on any atom is 0.303 e. The van der Waals surface area contributed by atoms with E-state index in [9.17, 15) is 9.59 Å². The first kappa shape index (κ1) is 17.2. The summed E-state index contributed by atoms with van der Waals surface area (Å²) in [7, 11) is 0. The summed E-state index contributed by atoms with van der Waals surface area (Å²) in [5.41, 5.74) is 0.551. The molecule has 1 aromatic heterocycles. The Hall–Kier alpha value is -1.85. The molecule has 0 aliphatic heterocycles. The van der Waals surface area contributed by atoms with E-state index in [0.29, 0.717) is 12.0 Å². The normalized spacial score (nSPS) is 12.3. The molecule has 6 heteroatoms. The van der Waals surface area contributed by atoms with Gasteiger partial charge in [0.15, 0.2) is 0 Å². The van der Waals surface area contributed by atoms with Gasteiger partial charge in [0.05, 0.1) is 17.3 Å². The van der Waals surface area contributed by atoms with Crippen LogP contribution in [0.2, 0.25) is 0 Å². The standard InChI is InChI=1S/C15H25N3O3/c1-10-11(9-16-18(10)14(2,3)4)13(21)17-15(5,6)8-7-12(19)20/h9H,7-8H2,1-6H3,(H,17,21)(H,19,20). The van der Waals surface area contributed by atoms with Crippen LogP contribution in [0.4, 0.5) is 0 Å². The van der Waals surface area contributed by atoms with Crippen LogP contribution in [0.5, 0.6) is 0 Å². The van der Waals surface area contributed by atoms with Gasteiger partial charge in [-0.2, -0.15) is 5.10 Å². The second-order valence-corrected chi connectivity index (χ2v) is 6.96. The fourth-order valence-electron chi connectivity index (χ4n) is 2.17. The summed E-state index contributed by atoms with van der Waals surface area (Å²) in [5, 5.41) is 15.9. The van der Waals surface area contributed by atoms with Gasteiger partial charge in [0.2, 0.25) is 0 Å². The number of hydrogen-bond acceptors (Lipinski definition) is 3. The number of hydrogen-bond donors (Lipinski definition) is 2. The molecule has 0 unspecified atom stereocenters. The van der Waals surface area contributed by atoms with Gasteiger partial charge in [0.25, 0.3) is 5.91 Å². The quantitative estimate of drug-likeness (QED) is 0.873. The van der Waals surface area contributed by atoms with Crippen LogP contribution in [-0.2, 0) is 10.3 Å². The van der Waals surface area contributed by atoms with Crippen LogP contribution in [0.25, 0.3) is 0 Å². The fourth-order valence-corrected chi connectivity index (χ4v) is 2.17. The van der Waals surface area contributed by atoms with Gasteiger partial charge in [-0.25, -0.2) is 0 Å². The number of carboxylic acids is 1. The van der Waals surface area contributed by atoms with Crippen LogP contribution >= 0.6 is 0 Å². The molecule has 1 amide bonds. The van der Waals surface area contributed by atoms with Crippen LogP contribution in [0.1, 0.15) is 63.5 Å². The highest BCUT2D eigenvalue weighted by atomic mass is 16.4.